The fourth-order valence-electron chi connectivity index (χ4n) is 2.24. The standard InChI is InChI=1S/C16H9BrO3/c17-12-5-3-9-1-2-10-7-11(16(19)20)4-6-13(10)15(18)14(9)8-12/h1-8H,(H,19,20). The summed E-state index contributed by atoms with van der Waals surface area (Å²) in [5.74, 6) is -1.00. The Hall–Kier alpha value is -2.20. The number of carbonyl (C=O) groups is 1. The first-order valence-electron chi connectivity index (χ1n) is 5.96. The number of benzene rings is 2. The molecule has 1 N–H and O–H groups in total. The van der Waals surface area contributed by atoms with Gasteiger partial charge in [-0.25, -0.2) is 4.79 Å². The molecule has 0 aliphatic heterocycles. The largest absolute Gasteiger partial charge is 0.478 e. The highest BCUT2D eigenvalue weighted by Crippen LogP contribution is 2.20. The van der Waals surface area contributed by atoms with E-state index in [0.29, 0.717) is 16.2 Å². The molecule has 3 nitrogen and oxygen atoms in total. The first kappa shape index (κ1) is 12.8. The fraction of sp³-hybridized carbons (Fsp3) is 0. The summed E-state index contributed by atoms with van der Waals surface area (Å²) in [6.07, 6.45) is 0. The molecular formula is C16H9BrO3. The second-order valence-electron chi connectivity index (χ2n) is 4.50. The van der Waals surface area contributed by atoms with Crippen molar-refractivity contribution in [1.82, 2.24) is 0 Å². The van der Waals surface area contributed by atoms with E-state index in [1.165, 1.54) is 12.1 Å². The van der Waals surface area contributed by atoms with Gasteiger partial charge in [-0.3, -0.25) is 4.79 Å². The van der Waals surface area contributed by atoms with Crippen LogP contribution in [0.2, 0.25) is 0 Å². The summed E-state index contributed by atoms with van der Waals surface area (Å²) in [6, 6.07) is 13.7. The molecule has 0 amide bonds. The first-order chi connectivity index (χ1) is 9.56. The van der Waals surface area contributed by atoms with E-state index in [9.17, 15) is 9.59 Å². The maximum absolute atomic E-state index is 12.6. The SMILES string of the molecule is O=C(O)c1ccc2c(=O)c3cc(Br)ccc3ccc2c1. The minimum atomic E-state index is -1.00. The molecule has 0 saturated heterocycles. The molecule has 0 heterocycles. The average molecular weight is 329 g/mol. The Bertz CT molecular complexity index is 916. The zero-order chi connectivity index (χ0) is 14.3. The summed E-state index contributed by atoms with van der Waals surface area (Å²) in [6.45, 7) is 0. The molecule has 0 aliphatic carbocycles. The Labute approximate surface area is 122 Å². The van der Waals surface area contributed by atoms with Gasteiger partial charge in [0.15, 0.2) is 5.43 Å². The summed E-state index contributed by atoms with van der Waals surface area (Å²) >= 11 is 3.36. The zero-order valence-electron chi connectivity index (χ0n) is 10.3. The van der Waals surface area contributed by atoms with Gasteiger partial charge >= 0.3 is 5.97 Å². The highest BCUT2D eigenvalue weighted by atomic mass is 79.9. The first-order valence-corrected chi connectivity index (χ1v) is 6.75. The van der Waals surface area contributed by atoms with Crippen molar-refractivity contribution in [3.05, 3.63) is 68.8 Å². The number of hydrogen-bond acceptors (Lipinski definition) is 2. The Balaban J connectivity index is 2.50. The molecule has 0 bridgehead atoms. The molecular weight excluding hydrogens is 320 g/mol. The van der Waals surface area contributed by atoms with Crippen LogP contribution in [0.1, 0.15) is 10.4 Å². The quantitative estimate of drug-likeness (QED) is 0.738. The smallest absolute Gasteiger partial charge is 0.335 e. The van der Waals surface area contributed by atoms with Crippen molar-refractivity contribution in [3.8, 4) is 0 Å². The third kappa shape index (κ3) is 2.08. The van der Waals surface area contributed by atoms with Crippen LogP contribution in [0.25, 0.3) is 21.5 Å². The summed E-state index contributed by atoms with van der Waals surface area (Å²) in [5.41, 5.74) is 0.0755. The van der Waals surface area contributed by atoms with Crippen molar-refractivity contribution in [1.29, 1.82) is 0 Å². The topological polar surface area (TPSA) is 54.4 Å². The molecule has 98 valence electrons. The zero-order valence-corrected chi connectivity index (χ0v) is 11.8. The van der Waals surface area contributed by atoms with E-state index in [1.54, 1.807) is 18.2 Å². The summed E-state index contributed by atoms with van der Waals surface area (Å²) in [7, 11) is 0. The third-order valence-electron chi connectivity index (χ3n) is 3.25. The number of aromatic carboxylic acids is 1. The lowest BCUT2D eigenvalue weighted by Crippen LogP contribution is -2.00. The van der Waals surface area contributed by atoms with Gasteiger partial charge in [-0.15, -0.1) is 0 Å². The monoisotopic (exact) mass is 328 g/mol. The van der Waals surface area contributed by atoms with Crippen LogP contribution in [0.5, 0.6) is 0 Å². The van der Waals surface area contributed by atoms with Crippen LogP contribution in [0.3, 0.4) is 0 Å². The van der Waals surface area contributed by atoms with Gasteiger partial charge in [0.2, 0.25) is 0 Å². The Morgan fingerprint density at radius 2 is 1.60 bits per heavy atom. The predicted molar refractivity (Wildman–Crippen MR) is 82.4 cm³/mol. The molecule has 0 saturated carbocycles. The number of fused-ring (bicyclic) bond motifs is 2. The van der Waals surface area contributed by atoms with Crippen molar-refractivity contribution < 1.29 is 9.90 Å². The van der Waals surface area contributed by atoms with E-state index in [4.69, 9.17) is 5.11 Å². The molecule has 0 spiro atoms. The van der Waals surface area contributed by atoms with Gasteiger partial charge < -0.3 is 5.11 Å². The van der Waals surface area contributed by atoms with Crippen LogP contribution in [0.4, 0.5) is 0 Å². The molecule has 3 aromatic carbocycles. The number of rotatable bonds is 1. The molecule has 0 aliphatic rings. The molecule has 0 radical (unpaired) electrons. The number of carboxylic acids is 1. The van der Waals surface area contributed by atoms with Crippen LogP contribution in [0.15, 0.2) is 57.8 Å². The number of halogens is 1. The van der Waals surface area contributed by atoms with Crippen molar-refractivity contribution in [2.45, 2.75) is 0 Å². The Morgan fingerprint density at radius 1 is 0.900 bits per heavy atom. The van der Waals surface area contributed by atoms with E-state index < -0.39 is 5.97 Å². The van der Waals surface area contributed by atoms with E-state index in [0.717, 1.165) is 9.86 Å². The van der Waals surface area contributed by atoms with Crippen LogP contribution < -0.4 is 5.43 Å². The van der Waals surface area contributed by atoms with E-state index in [2.05, 4.69) is 15.9 Å². The van der Waals surface area contributed by atoms with Gasteiger partial charge in [-0.2, -0.15) is 0 Å². The number of hydrogen-bond donors (Lipinski definition) is 1. The van der Waals surface area contributed by atoms with Crippen molar-refractivity contribution in [2.75, 3.05) is 0 Å². The van der Waals surface area contributed by atoms with E-state index in [1.807, 2.05) is 18.2 Å². The molecule has 20 heavy (non-hydrogen) atoms. The molecule has 0 aromatic heterocycles. The maximum Gasteiger partial charge on any atom is 0.335 e. The van der Waals surface area contributed by atoms with Crippen molar-refractivity contribution >= 4 is 43.4 Å². The second-order valence-corrected chi connectivity index (χ2v) is 5.42. The van der Waals surface area contributed by atoms with Crippen LogP contribution in [-0.4, -0.2) is 11.1 Å². The molecule has 4 heteroatoms. The van der Waals surface area contributed by atoms with Gasteiger partial charge in [-0.1, -0.05) is 34.1 Å². The Morgan fingerprint density at radius 3 is 2.35 bits per heavy atom. The van der Waals surface area contributed by atoms with Crippen LogP contribution >= 0.6 is 15.9 Å². The molecule has 0 fully saturated rings. The predicted octanol–water partition coefficient (Wildman–Crippen LogP) is 3.81. The minimum Gasteiger partial charge on any atom is -0.478 e. The van der Waals surface area contributed by atoms with Gasteiger partial charge in [0, 0.05) is 15.2 Å². The fourth-order valence-corrected chi connectivity index (χ4v) is 2.60. The van der Waals surface area contributed by atoms with Gasteiger partial charge in [-0.05, 0) is 41.1 Å². The van der Waals surface area contributed by atoms with Crippen molar-refractivity contribution in [3.63, 3.8) is 0 Å². The molecule has 0 unspecified atom stereocenters. The van der Waals surface area contributed by atoms with E-state index >= 15 is 0 Å². The molecule has 3 aromatic rings. The normalized spacial score (nSPS) is 10.8. The lowest BCUT2D eigenvalue weighted by Gasteiger charge is -1.96. The summed E-state index contributed by atoms with van der Waals surface area (Å²) in [4.78, 5) is 23.6. The van der Waals surface area contributed by atoms with E-state index in [-0.39, 0.29) is 11.0 Å². The Kier molecular flexibility index (Phi) is 3.03. The number of carboxylic acid groups (broad SMARTS) is 1. The van der Waals surface area contributed by atoms with Crippen LogP contribution in [0, 0.1) is 0 Å². The van der Waals surface area contributed by atoms with Crippen molar-refractivity contribution in [2.24, 2.45) is 0 Å². The summed E-state index contributed by atoms with van der Waals surface area (Å²) in [5, 5.41) is 11.6. The lowest BCUT2D eigenvalue weighted by molar-refractivity contribution is 0.0697. The second kappa shape index (κ2) is 4.72. The van der Waals surface area contributed by atoms with Gasteiger partial charge in [0.25, 0.3) is 0 Å². The highest BCUT2D eigenvalue weighted by Gasteiger charge is 2.07. The molecule has 3 rings (SSSR count). The van der Waals surface area contributed by atoms with Gasteiger partial charge in [0.05, 0.1) is 5.56 Å². The minimum absolute atomic E-state index is 0.0989. The van der Waals surface area contributed by atoms with Gasteiger partial charge in [0.1, 0.15) is 0 Å². The average Bonchev–Trinajstić information content (AvgIpc) is 2.57. The van der Waals surface area contributed by atoms with Crippen LogP contribution in [-0.2, 0) is 0 Å². The lowest BCUT2D eigenvalue weighted by atomic mass is 10.1. The maximum atomic E-state index is 12.6. The third-order valence-corrected chi connectivity index (χ3v) is 3.74. The molecule has 0 atom stereocenters. The highest BCUT2D eigenvalue weighted by molar-refractivity contribution is 9.10. The summed E-state index contributed by atoms with van der Waals surface area (Å²) < 4.78 is 0.837.